The molecule has 0 radical (unpaired) electrons. The van der Waals surface area contributed by atoms with Crippen molar-refractivity contribution in [2.45, 2.75) is 78.3 Å². The molecule has 0 aliphatic heterocycles. The largest absolute Gasteiger partial charge is 0.355 e. The third kappa shape index (κ3) is 4.13. The summed E-state index contributed by atoms with van der Waals surface area (Å²) in [7, 11) is 4.23. The highest BCUT2D eigenvalue weighted by molar-refractivity contribution is 5.87. The van der Waals surface area contributed by atoms with Gasteiger partial charge in [-0.3, -0.25) is 0 Å². The van der Waals surface area contributed by atoms with Crippen molar-refractivity contribution in [3.8, 4) is 0 Å². The van der Waals surface area contributed by atoms with E-state index in [4.69, 9.17) is 0 Å². The average Bonchev–Trinajstić information content (AvgIpc) is 3.31. The number of nitrogens with zero attached hydrogens (tertiary/aromatic N) is 3. The van der Waals surface area contributed by atoms with E-state index in [-0.39, 0.29) is 0 Å². The first-order chi connectivity index (χ1) is 12.8. The topological polar surface area (TPSA) is 56.8 Å². The van der Waals surface area contributed by atoms with E-state index in [0.29, 0.717) is 16.9 Å². The van der Waals surface area contributed by atoms with E-state index < -0.39 is 0 Å². The van der Waals surface area contributed by atoms with Crippen LogP contribution in [0.1, 0.15) is 66.2 Å². The van der Waals surface area contributed by atoms with Crippen molar-refractivity contribution in [2.75, 3.05) is 19.0 Å². The maximum Gasteiger partial charge on any atom is 0.142 e. The van der Waals surface area contributed by atoms with Gasteiger partial charge < -0.3 is 15.2 Å². The summed E-state index contributed by atoms with van der Waals surface area (Å²) in [6.45, 7) is 9.41. The Kier molecular flexibility index (Phi) is 5.80. The van der Waals surface area contributed by atoms with Crippen molar-refractivity contribution >= 4 is 16.9 Å². The molecule has 2 heterocycles. The van der Waals surface area contributed by atoms with Crippen molar-refractivity contribution in [2.24, 2.45) is 10.8 Å². The zero-order valence-corrected chi connectivity index (χ0v) is 18.0. The van der Waals surface area contributed by atoms with Gasteiger partial charge in [-0.2, -0.15) is 0 Å². The first-order valence-electron chi connectivity index (χ1n) is 10.4. The molecule has 2 N–H and O–H groups in total. The van der Waals surface area contributed by atoms with Gasteiger partial charge in [-0.1, -0.05) is 40.5 Å². The number of rotatable bonds is 3. The molecule has 2 aromatic heterocycles. The highest BCUT2D eigenvalue weighted by atomic mass is 15.2. The fourth-order valence-electron chi connectivity index (χ4n) is 5.18. The minimum absolute atomic E-state index is 0.363. The molecule has 2 atom stereocenters. The molecule has 0 amide bonds. The predicted octanol–water partition coefficient (Wildman–Crippen LogP) is 4.76. The van der Waals surface area contributed by atoms with Gasteiger partial charge in [0.2, 0.25) is 0 Å². The van der Waals surface area contributed by atoms with Crippen LogP contribution in [0.3, 0.4) is 0 Å². The maximum absolute atomic E-state index is 4.48. The van der Waals surface area contributed by atoms with Crippen LogP contribution in [0.15, 0.2) is 18.6 Å². The molecule has 2 saturated carbocycles. The molecule has 2 aromatic rings. The van der Waals surface area contributed by atoms with E-state index in [1.54, 1.807) is 6.33 Å². The molecule has 4 rings (SSSR count). The molecule has 5 heteroatoms. The van der Waals surface area contributed by atoms with Gasteiger partial charge in [0, 0.05) is 25.3 Å². The highest BCUT2D eigenvalue weighted by Gasteiger charge is 2.38. The number of anilines is 1. The van der Waals surface area contributed by atoms with Crippen molar-refractivity contribution in [3.05, 3.63) is 18.6 Å². The lowest BCUT2D eigenvalue weighted by Crippen LogP contribution is -2.40. The minimum atomic E-state index is 0.363. The van der Waals surface area contributed by atoms with Gasteiger partial charge in [-0.25, -0.2) is 9.97 Å². The molecule has 2 aliphatic rings. The fraction of sp³-hybridized carbons (Fsp3) is 0.727. The third-order valence-corrected chi connectivity index (χ3v) is 6.94. The highest BCUT2D eigenvalue weighted by Crippen LogP contribution is 2.42. The van der Waals surface area contributed by atoms with Crippen LogP contribution in [0.5, 0.6) is 0 Å². The van der Waals surface area contributed by atoms with E-state index in [2.05, 4.69) is 73.0 Å². The quantitative estimate of drug-likeness (QED) is 0.817. The summed E-state index contributed by atoms with van der Waals surface area (Å²) in [5.74, 6) is 1.04. The summed E-state index contributed by atoms with van der Waals surface area (Å²) in [5, 5.41) is 4.47. The van der Waals surface area contributed by atoms with Gasteiger partial charge in [0.05, 0.1) is 5.39 Å². The maximum atomic E-state index is 4.48. The summed E-state index contributed by atoms with van der Waals surface area (Å²) >= 11 is 0. The molecule has 0 saturated heterocycles. The second-order valence-electron chi connectivity index (χ2n) is 9.67. The number of hydrogen-bond acceptors (Lipinski definition) is 4. The molecular formula is C22H37N5. The lowest BCUT2D eigenvalue weighted by atomic mass is 9.86. The number of aromatic amines is 1. The van der Waals surface area contributed by atoms with Crippen molar-refractivity contribution < 1.29 is 0 Å². The first-order valence-corrected chi connectivity index (χ1v) is 10.4. The normalized spacial score (nSPS) is 26.0. The number of hydrogen-bond donors (Lipinski definition) is 2. The van der Waals surface area contributed by atoms with E-state index in [1.807, 2.05) is 6.20 Å². The SMILES string of the molecule is CN(c1ncnc2[nH]ccc12)C1CCCC1(C)C.CNC1CCCC1(C)C. The molecule has 0 spiro atoms. The smallest absolute Gasteiger partial charge is 0.142 e. The Morgan fingerprint density at radius 2 is 1.78 bits per heavy atom. The van der Waals surface area contributed by atoms with Crippen molar-refractivity contribution in [3.63, 3.8) is 0 Å². The van der Waals surface area contributed by atoms with Crippen LogP contribution in [0, 0.1) is 10.8 Å². The average molecular weight is 372 g/mol. The van der Waals surface area contributed by atoms with E-state index >= 15 is 0 Å². The standard InChI is InChI=1S/C14H20N4.C8H17N/c1-14(2)7-4-5-11(14)18(3)13-10-6-8-15-12(10)16-9-17-13;1-8(2)6-4-5-7(8)9-3/h6,8-9,11H,4-5,7H2,1-3H3,(H,15,16,17);7,9H,4-6H2,1-3H3. The van der Waals surface area contributed by atoms with Crippen LogP contribution in [0.4, 0.5) is 5.82 Å². The third-order valence-electron chi connectivity index (χ3n) is 6.94. The minimum Gasteiger partial charge on any atom is -0.355 e. The van der Waals surface area contributed by atoms with Gasteiger partial charge in [-0.05, 0) is 49.6 Å². The summed E-state index contributed by atoms with van der Waals surface area (Å²) in [5.41, 5.74) is 1.83. The molecule has 27 heavy (non-hydrogen) atoms. The van der Waals surface area contributed by atoms with Crippen LogP contribution in [-0.4, -0.2) is 41.1 Å². The van der Waals surface area contributed by atoms with Gasteiger partial charge in [0.15, 0.2) is 0 Å². The second kappa shape index (κ2) is 7.78. The predicted molar refractivity (Wildman–Crippen MR) is 114 cm³/mol. The van der Waals surface area contributed by atoms with Crippen LogP contribution in [0.2, 0.25) is 0 Å². The molecule has 2 unspecified atom stereocenters. The lowest BCUT2D eigenvalue weighted by molar-refractivity contribution is 0.297. The monoisotopic (exact) mass is 371 g/mol. The molecule has 0 aromatic carbocycles. The zero-order chi connectivity index (χ0) is 19.7. The zero-order valence-electron chi connectivity index (χ0n) is 18.0. The van der Waals surface area contributed by atoms with Crippen LogP contribution >= 0.6 is 0 Å². The first kappa shape index (κ1) is 20.1. The Morgan fingerprint density at radius 1 is 1.07 bits per heavy atom. The Bertz CT molecular complexity index is 748. The lowest BCUT2D eigenvalue weighted by Gasteiger charge is -2.36. The van der Waals surface area contributed by atoms with Crippen LogP contribution < -0.4 is 10.2 Å². The molecule has 150 valence electrons. The van der Waals surface area contributed by atoms with E-state index in [9.17, 15) is 0 Å². The van der Waals surface area contributed by atoms with E-state index in [0.717, 1.165) is 22.9 Å². The number of fused-ring (bicyclic) bond motifs is 1. The summed E-state index contributed by atoms with van der Waals surface area (Å²) in [6.07, 6.45) is 11.6. The Balaban J connectivity index is 0.000000197. The summed E-state index contributed by atoms with van der Waals surface area (Å²) in [6, 6.07) is 3.38. The van der Waals surface area contributed by atoms with Gasteiger partial charge in [0.25, 0.3) is 0 Å². The van der Waals surface area contributed by atoms with Crippen LogP contribution in [-0.2, 0) is 0 Å². The van der Waals surface area contributed by atoms with Gasteiger partial charge in [-0.15, -0.1) is 0 Å². The Labute approximate surface area is 164 Å². The molecule has 0 bridgehead atoms. The van der Waals surface area contributed by atoms with E-state index in [1.165, 1.54) is 38.5 Å². The van der Waals surface area contributed by atoms with Crippen molar-refractivity contribution in [1.82, 2.24) is 20.3 Å². The number of nitrogens with one attached hydrogen (secondary N) is 2. The molecule has 5 nitrogen and oxygen atoms in total. The molecule has 2 fully saturated rings. The summed E-state index contributed by atoms with van der Waals surface area (Å²) in [4.78, 5) is 14.2. The van der Waals surface area contributed by atoms with Crippen LogP contribution in [0.25, 0.3) is 11.0 Å². The second-order valence-corrected chi connectivity index (χ2v) is 9.67. The van der Waals surface area contributed by atoms with Gasteiger partial charge in [0.1, 0.15) is 17.8 Å². The van der Waals surface area contributed by atoms with Gasteiger partial charge >= 0.3 is 0 Å². The van der Waals surface area contributed by atoms with Crippen molar-refractivity contribution in [1.29, 1.82) is 0 Å². The number of aromatic nitrogens is 3. The fourth-order valence-corrected chi connectivity index (χ4v) is 5.18. The summed E-state index contributed by atoms with van der Waals surface area (Å²) < 4.78 is 0. The Morgan fingerprint density at radius 3 is 2.33 bits per heavy atom. The number of H-pyrrole nitrogens is 1. The Hall–Kier alpha value is -1.62. The molecule has 2 aliphatic carbocycles. The molecular weight excluding hydrogens is 334 g/mol.